The van der Waals surface area contributed by atoms with Gasteiger partial charge in [-0.1, -0.05) is 12.7 Å². The van der Waals surface area contributed by atoms with E-state index in [9.17, 15) is 15.2 Å². The fourth-order valence-electron chi connectivity index (χ4n) is 2.67. The maximum absolute atomic E-state index is 11.1. The first-order chi connectivity index (χ1) is 10.1. The minimum Gasteiger partial charge on any atom is -0.490 e. The van der Waals surface area contributed by atoms with E-state index < -0.39 is 4.92 Å². The summed E-state index contributed by atoms with van der Waals surface area (Å²) >= 11 is 0. The van der Waals surface area contributed by atoms with Gasteiger partial charge in [0, 0.05) is 43.1 Å². The summed E-state index contributed by atoms with van der Waals surface area (Å²) in [5, 5.41) is 20.3. The number of nitro benzene ring substituents is 1. The molecule has 1 aromatic carbocycles. The third-order valence-electron chi connectivity index (χ3n) is 3.96. The first kappa shape index (κ1) is 15.3. The minimum absolute atomic E-state index is 0.0543. The van der Waals surface area contributed by atoms with Crippen LogP contribution in [-0.4, -0.2) is 36.8 Å². The topological polar surface area (TPSA) is 75.8 Å². The highest BCUT2D eigenvalue weighted by atomic mass is 16.6. The zero-order valence-electron chi connectivity index (χ0n) is 12.1. The lowest BCUT2D eigenvalue weighted by molar-refractivity contribution is -0.385. The van der Waals surface area contributed by atoms with Crippen LogP contribution in [0.1, 0.15) is 18.4 Å². The van der Waals surface area contributed by atoms with E-state index in [1.54, 1.807) is 12.1 Å². The van der Waals surface area contributed by atoms with Crippen LogP contribution in [0, 0.1) is 16.0 Å². The average molecular weight is 292 g/mol. The lowest BCUT2D eigenvalue weighted by Crippen LogP contribution is -2.35. The summed E-state index contributed by atoms with van der Waals surface area (Å²) in [6, 6.07) is 3.20. The van der Waals surface area contributed by atoms with Crippen LogP contribution >= 0.6 is 0 Å². The van der Waals surface area contributed by atoms with Gasteiger partial charge in [-0.25, -0.2) is 0 Å². The van der Waals surface area contributed by atoms with Crippen LogP contribution in [0.15, 0.2) is 18.7 Å². The largest absolute Gasteiger partial charge is 0.490 e. The zero-order chi connectivity index (χ0) is 15.4. The maximum atomic E-state index is 11.1. The Morgan fingerprint density at radius 1 is 1.52 bits per heavy atom. The number of piperidine rings is 1. The van der Waals surface area contributed by atoms with E-state index >= 15 is 0 Å². The van der Waals surface area contributed by atoms with Crippen LogP contribution in [0.4, 0.5) is 11.4 Å². The predicted molar refractivity (Wildman–Crippen MR) is 81.8 cm³/mol. The first-order valence-electron chi connectivity index (χ1n) is 6.95. The van der Waals surface area contributed by atoms with E-state index in [1.807, 2.05) is 0 Å². The number of methoxy groups -OCH3 is 1. The summed E-state index contributed by atoms with van der Waals surface area (Å²) in [7, 11) is 1.43. The summed E-state index contributed by atoms with van der Waals surface area (Å²) in [6.45, 7) is 5.58. The molecule has 6 nitrogen and oxygen atoms in total. The van der Waals surface area contributed by atoms with Gasteiger partial charge in [-0.3, -0.25) is 10.1 Å². The van der Waals surface area contributed by atoms with Gasteiger partial charge in [-0.2, -0.15) is 0 Å². The molecule has 1 fully saturated rings. The van der Waals surface area contributed by atoms with E-state index in [4.69, 9.17) is 4.74 Å². The Balaban J connectivity index is 2.35. The van der Waals surface area contributed by atoms with Crippen molar-refractivity contribution in [2.45, 2.75) is 12.8 Å². The quantitative estimate of drug-likeness (QED) is 0.666. The van der Waals surface area contributed by atoms with Gasteiger partial charge in [0.05, 0.1) is 12.0 Å². The van der Waals surface area contributed by atoms with E-state index in [1.165, 1.54) is 13.2 Å². The van der Waals surface area contributed by atoms with E-state index in [0.29, 0.717) is 5.92 Å². The van der Waals surface area contributed by atoms with Gasteiger partial charge in [-0.15, -0.1) is 0 Å². The number of aliphatic hydroxyl groups excluding tert-OH is 1. The molecule has 0 unspecified atom stereocenters. The van der Waals surface area contributed by atoms with Crippen LogP contribution in [-0.2, 0) is 0 Å². The smallest absolute Gasteiger partial charge is 0.311 e. The number of aliphatic hydroxyl groups is 1. The highest BCUT2D eigenvalue weighted by Gasteiger charge is 2.24. The summed E-state index contributed by atoms with van der Waals surface area (Å²) < 4.78 is 5.14. The molecule has 0 aliphatic carbocycles. The summed E-state index contributed by atoms with van der Waals surface area (Å²) in [5.74, 6) is 0.596. The zero-order valence-corrected chi connectivity index (χ0v) is 12.1. The second-order valence-electron chi connectivity index (χ2n) is 5.16. The normalized spacial score (nSPS) is 15.8. The van der Waals surface area contributed by atoms with Gasteiger partial charge in [0.15, 0.2) is 5.75 Å². The number of hydrogen-bond donors (Lipinski definition) is 1. The number of nitrogens with zero attached hydrogens (tertiary/aromatic N) is 2. The fraction of sp³-hybridized carbons (Fsp3) is 0.467. The van der Waals surface area contributed by atoms with Gasteiger partial charge < -0.3 is 14.7 Å². The molecule has 0 spiro atoms. The van der Waals surface area contributed by atoms with Crippen molar-refractivity contribution in [1.82, 2.24) is 0 Å². The minimum atomic E-state index is -0.451. The van der Waals surface area contributed by atoms with Crippen LogP contribution in [0.3, 0.4) is 0 Å². The number of ether oxygens (including phenoxy) is 1. The molecule has 6 heteroatoms. The van der Waals surface area contributed by atoms with Crippen molar-refractivity contribution in [2.24, 2.45) is 5.92 Å². The number of anilines is 1. The number of benzene rings is 1. The first-order valence-corrected chi connectivity index (χ1v) is 6.95. The number of rotatable bonds is 5. The number of hydrogen-bond acceptors (Lipinski definition) is 5. The molecular weight excluding hydrogens is 272 g/mol. The highest BCUT2D eigenvalue weighted by Crippen LogP contribution is 2.36. The maximum Gasteiger partial charge on any atom is 0.311 e. The molecule has 21 heavy (non-hydrogen) atoms. The third-order valence-corrected chi connectivity index (χ3v) is 3.96. The molecule has 0 saturated carbocycles. The molecule has 0 bridgehead atoms. The van der Waals surface area contributed by atoms with Crippen LogP contribution < -0.4 is 9.64 Å². The summed E-state index contributed by atoms with van der Waals surface area (Å²) in [4.78, 5) is 12.8. The van der Waals surface area contributed by atoms with Crippen molar-refractivity contribution in [3.63, 3.8) is 0 Å². The Kier molecular flexibility index (Phi) is 4.80. The molecule has 1 aliphatic heterocycles. The summed E-state index contributed by atoms with van der Waals surface area (Å²) in [6.07, 6.45) is 3.44. The second-order valence-corrected chi connectivity index (χ2v) is 5.16. The highest BCUT2D eigenvalue weighted by molar-refractivity contribution is 5.73. The van der Waals surface area contributed by atoms with Crippen molar-refractivity contribution in [1.29, 1.82) is 0 Å². The molecule has 0 atom stereocenters. The average Bonchev–Trinajstić information content (AvgIpc) is 2.53. The lowest BCUT2D eigenvalue weighted by Gasteiger charge is -2.34. The van der Waals surface area contributed by atoms with E-state index in [-0.39, 0.29) is 18.0 Å². The Hall–Kier alpha value is -2.08. The van der Waals surface area contributed by atoms with Gasteiger partial charge in [0.25, 0.3) is 0 Å². The van der Waals surface area contributed by atoms with E-state index in [2.05, 4.69) is 11.5 Å². The molecule has 0 radical (unpaired) electrons. The SMILES string of the molecule is C=Cc1cc([N+](=O)[O-])c(OC)cc1N1CCC(CO)CC1. The van der Waals surface area contributed by atoms with Crippen molar-refractivity contribution >= 4 is 17.5 Å². The fourth-order valence-corrected chi connectivity index (χ4v) is 2.67. The lowest BCUT2D eigenvalue weighted by atomic mass is 9.96. The molecule has 114 valence electrons. The van der Waals surface area contributed by atoms with Crippen molar-refractivity contribution in [2.75, 3.05) is 31.7 Å². The third kappa shape index (κ3) is 3.16. The summed E-state index contributed by atoms with van der Waals surface area (Å²) in [5.41, 5.74) is 1.56. The van der Waals surface area contributed by atoms with Gasteiger partial charge in [-0.05, 0) is 18.8 Å². The molecule has 0 aromatic heterocycles. The molecular formula is C15H20N2O4. The Bertz CT molecular complexity index is 537. The molecule has 1 aromatic rings. The van der Waals surface area contributed by atoms with E-state index in [0.717, 1.165) is 37.2 Å². The molecule has 1 aliphatic rings. The van der Waals surface area contributed by atoms with Crippen LogP contribution in [0.5, 0.6) is 5.75 Å². The van der Waals surface area contributed by atoms with Gasteiger partial charge in [0.2, 0.25) is 0 Å². The van der Waals surface area contributed by atoms with Gasteiger partial charge >= 0.3 is 5.69 Å². The molecule has 1 N–H and O–H groups in total. The van der Waals surface area contributed by atoms with Crippen molar-refractivity contribution < 1.29 is 14.8 Å². The van der Waals surface area contributed by atoms with Crippen LogP contribution in [0.25, 0.3) is 6.08 Å². The predicted octanol–water partition coefficient (Wildman–Crippen LogP) is 2.46. The second kappa shape index (κ2) is 6.58. The Labute approximate surface area is 123 Å². The molecule has 1 heterocycles. The standard InChI is InChI=1S/C15H20N2O4/c1-3-12-8-14(17(19)20)15(21-2)9-13(12)16-6-4-11(10-18)5-7-16/h3,8-9,11,18H,1,4-7,10H2,2H3. The van der Waals surface area contributed by atoms with Crippen LogP contribution in [0.2, 0.25) is 0 Å². The molecule has 0 amide bonds. The number of nitro groups is 1. The molecule has 2 rings (SSSR count). The Morgan fingerprint density at radius 2 is 2.19 bits per heavy atom. The monoisotopic (exact) mass is 292 g/mol. The van der Waals surface area contributed by atoms with Crippen molar-refractivity contribution in [3.8, 4) is 5.75 Å². The molecule has 1 saturated heterocycles. The van der Waals surface area contributed by atoms with Crippen molar-refractivity contribution in [3.05, 3.63) is 34.4 Å². The Morgan fingerprint density at radius 3 is 2.67 bits per heavy atom. The van der Waals surface area contributed by atoms with Gasteiger partial charge in [0.1, 0.15) is 0 Å².